The van der Waals surface area contributed by atoms with Crippen LogP contribution in [0.1, 0.15) is 35.2 Å². The first-order valence-corrected chi connectivity index (χ1v) is 6.98. The maximum Gasteiger partial charge on any atom is 0.257 e. The van der Waals surface area contributed by atoms with Gasteiger partial charge in [-0.2, -0.15) is 0 Å². The molecule has 2 bridgehead atoms. The first-order valence-electron chi connectivity index (χ1n) is 6.98. The molecule has 0 radical (unpaired) electrons. The number of fused-ring (bicyclic) bond motifs is 2. The highest BCUT2D eigenvalue weighted by atomic mass is 16.3. The number of hydrogen-bond acceptors (Lipinski definition) is 3. The number of rotatable bonds is 1. The third-order valence-electron chi connectivity index (χ3n) is 4.19. The fourth-order valence-corrected chi connectivity index (χ4v) is 3.12. The third-order valence-corrected chi connectivity index (χ3v) is 4.19. The standard InChI is InChI=1S/C15H20N2O2/c1-10-2-5-13(14(18)8-10)15(19)17-7-6-11-3-4-12(9-17)16-11/h2,5,8,11-12,16,18H,3-4,6-7,9H2,1H3. The average Bonchev–Trinajstić information content (AvgIpc) is 2.68. The monoisotopic (exact) mass is 260 g/mol. The van der Waals surface area contributed by atoms with E-state index in [2.05, 4.69) is 5.32 Å². The fourth-order valence-electron chi connectivity index (χ4n) is 3.12. The number of likely N-dealkylation sites (tertiary alicyclic amines) is 1. The van der Waals surface area contributed by atoms with Gasteiger partial charge in [0.15, 0.2) is 0 Å². The van der Waals surface area contributed by atoms with Gasteiger partial charge in [0.2, 0.25) is 0 Å². The molecule has 4 heteroatoms. The highest BCUT2D eigenvalue weighted by Gasteiger charge is 2.31. The van der Waals surface area contributed by atoms with Crippen molar-refractivity contribution in [3.63, 3.8) is 0 Å². The Labute approximate surface area is 113 Å². The number of phenolic OH excluding ortho intramolecular Hbond substituents is 1. The maximum absolute atomic E-state index is 12.5. The summed E-state index contributed by atoms with van der Waals surface area (Å²) in [6.07, 6.45) is 3.38. The number of nitrogens with zero attached hydrogens (tertiary/aromatic N) is 1. The lowest BCUT2D eigenvalue weighted by Crippen LogP contribution is -2.39. The normalized spacial score (nSPS) is 26.3. The number of aryl methyl sites for hydroxylation is 1. The molecule has 0 saturated carbocycles. The SMILES string of the molecule is Cc1ccc(C(=O)N2CCC3CCC(C2)N3)c(O)c1. The van der Waals surface area contributed by atoms with Crippen molar-refractivity contribution in [3.8, 4) is 5.75 Å². The molecule has 0 aromatic heterocycles. The summed E-state index contributed by atoms with van der Waals surface area (Å²) in [5.41, 5.74) is 1.38. The fraction of sp³-hybridized carbons (Fsp3) is 0.533. The van der Waals surface area contributed by atoms with Gasteiger partial charge in [-0.25, -0.2) is 0 Å². The van der Waals surface area contributed by atoms with Crippen molar-refractivity contribution in [2.24, 2.45) is 0 Å². The molecule has 1 aromatic rings. The van der Waals surface area contributed by atoms with Crippen molar-refractivity contribution in [1.29, 1.82) is 0 Å². The zero-order valence-electron chi connectivity index (χ0n) is 11.2. The number of carbonyl (C=O) groups is 1. The Morgan fingerprint density at radius 3 is 2.89 bits per heavy atom. The summed E-state index contributed by atoms with van der Waals surface area (Å²) in [7, 11) is 0. The second kappa shape index (κ2) is 4.85. The molecule has 2 heterocycles. The van der Waals surface area contributed by atoms with E-state index in [0.717, 1.165) is 31.5 Å². The smallest absolute Gasteiger partial charge is 0.257 e. The Hall–Kier alpha value is -1.55. The molecule has 2 fully saturated rings. The summed E-state index contributed by atoms with van der Waals surface area (Å²) >= 11 is 0. The lowest BCUT2D eigenvalue weighted by atomic mass is 10.1. The van der Waals surface area contributed by atoms with Gasteiger partial charge in [-0.3, -0.25) is 4.79 Å². The summed E-state index contributed by atoms with van der Waals surface area (Å²) in [4.78, 5) is 14.4. The zero-order chi connectivity index (χ0) is 13.4. The van der Waals surface area contributed by atoms with E-state index in [1.54, 1.807) is 12.1 Å². The van der Waals surface area contributed by atoms with Gasteiger partial charge in [-0.05, 0) is 43.9 Å². The van der Waals surface area contributed by atoms with Crippen LogP contribution in [0, 0.1) is 6.92 Å². The molecule has 2 N–H and O–H groups in total. The molecular formula is C15H20N2O2. The highest BCUT2D eigenvalue weighted by Crippen LogP contribution is 2.24. The Bertz CT molecular complexity index is 501. The van der Waals surface area contributed by atoms with Crippen LogP contribution < -0.4 is 5.32 Å². The predicted octanol–water partition coefficient (Wildman–Crippen LogP) is 1.67. The molecule has 3 rings (SSSR count). The molecular weight excluding hydrogens is 240 g/mol. The number of aromatic hydroxyl groups is 1. The quantitative estimate of drug-likeness (QED) is 0.807. The van der Waals surface area contributed by atoms with E-state index >= 15 is 0 Å². The van der Waals surface area contributed by atoms with Crippen LogP contribution in [0.15, 0.2) is 18.2 Å². The van der Waals surface area contributed by atoms with Crippen molar-refractivity contribution in [3.05, 3.63) is 29.3 Å². The van der Waals surface area contributed by atoms with Crippen LogP contribution in [0.5, 0.6) is 5.75 Å². The van der Waals surface area contributed by atoms with Crippen LogP contribution in [0.3, 0.4) is 0 Å². The van der Waals surface area contributed by atoms with E-state index in [9.17, 15) is 9.90 Å². The number of carbonyl (C=O) groups excluding carboxylic acids is 1. The average molecular weight is 260 g/mol. The second-order valence-corrected chi connectivity index (χ2v) is 5.70. The molecule has 2 unspecified atom stereocenters. The van der Waals surface area contributed by atoms with Gasteiger partial charge in [0, 0.05) is 25.2 Å². The molecule has 2 aliphatic rings. The minimum atomic E-state index is -0.0492. The van der Waals surface area contributed by atoms with Crippen LogP contribution in [0.25, 0.3) is 0 Å². The Morgan fingerprint density at radius 1 is 1.32 bits per heavy atom. The molecule has 2 aliphatic heterocycles. The first-order chi connectivity index (χ1) is 9.13. The van der Waals surface area contributed by atoms with Gasteiger partial charge in [0.1, 0.15) is 5.75 Å². The maximum atomic E-state index is 12.5. The molecule has 102 valence electrons. The molecule has 2 atom stereocenters. The van der Waals surface area contributed by atoms with Crippen molar-refractivity contribution < 1.29 is 9.90 Å². The molecule has 0 aliphatic carbocycles. The number of hydrogen-bond donors (Lipinski definition) is 2. The van der Waals surface area contributed by atoms with Crippen molar-refractivity contribution in [2.45, 2.75) is 38.3 Å². The van der Waals surface area contributed by atoms with E-state index in [1.807, 2.05) is 17.9 Å². The van der Waals surface area contributed by atoms with Gasteiger partial charge in [-0.15, -0.1) is 0 Å². The molecule has 0 spiro atoms. The summed E-state index contributed by atoms with van der Waals surface area (Å²) in [6, 6.07) is 6.23. The van der Waals surface area contributed by atoms with Gasteiger partial charge < -0.3 is 15.3 Å². The molecule has 4 nitrogen and oxygen atoms in total. The molecule has 2 saturated heterocycles. The number of benzene rings is 1. The third kappa shape index (κ3) is 2.45. The lowest BCUT2D eigenvalue weighted by Gasteiger charge is -2.24. The predicted molar refractivity (Wildman–Crippen MR) is 73.3 cm³/mol. The Kier molecular flexibility index (Phi) is 3.19. The van der Waals surface area contributed by atoms with E-state index in [4.69, 9.17) is 0 Å². The lowest BCUT2D eigenvalue weighted by molar-refractivity contribution is 0.0745. The topological polar surface area (TPSA) is 52.6 Å². The molecule has 1 amide bonds. The largest absolute Gasteiger partial charge is 0.507 e. The minimum Gasteiger partial charge on any atom is -0.507 e. The van der Waals surface area contributed by atoms with Crippen molar-refractivity contribution in [2.75, 3.05) is 13.1 Å². The zero-order valence-corrected chi connectivity index (χ0v) is 11.2. The van der Waals surface area contributed by atoms with Crippen molar-refractivity contribution >= 4 is 5.91 Å². The van der Waals surface area contributed by atoms with Gasteiger partial charge in [-0.1, -0.05) is 6.07 Å². The summed E-state index contributed by atoms with van der Waals surface area (Å²) in [6.45, 7) is 3.44. The highest BCUT2D eigenvalue weighted by molar-refractivity contribution is 5.97. The van der Waals surface area contributed by atoms with Crippen LogP contribution in [0.4, 0.5) is 0 Å². The number of nitrogens with one attached hydrogen (secondary N) is 1. The second-order valence-electron chi connectivity index (χ2n) is 5.70. The summed E-state index contributed by atoms with van der Waals surface area (Å²) < 4.78 is 0. The minimum absolute atomic E-state index is 0.0492. The van der Waals surface area contributed by atoms with Crippen LogP contribution in [-0.2, 0) is 0 Å². The van der Waals surface area contributed by atoms with Crippen LogP contribution in [0.2, 0.25) is 0 Å². The van der Waals surface area contributed by atoms with E-state index in [1.165, 1.54) is 6.42 Å². The summed E-state index contributed by atoms with van der Waals surface area (Å²) in [5, 5.41) is 13.5. The summed E-state index contributed by atoms with van der Waals surface area (Å²) in [5.74, 6) is 0.0409. The molecule has 19 heavy (non-hydrogen) atoms. The Morgan fingerprint density at radius 2 is 2.11 bits per heavy atom. The van der Waals surface area contributed by atoms with Gasteiger partial charge in [0.05, 0.1) is 5.56 Å². The first kappa shape index (κ1) is 12.5. The van der Waals surface area contributed by atoms with E-state index < -0.39 is 0 Å². The number of phenols is 1. The number of amides is 1. The molecule has 1 aromatic carbocycles. The Balaban J connectivity index is 1.79. The van der Waals surface area contributed by atoms with E-state index in [-0.39, 0.29) is 11.7 Å². The van der Waals surface area contributed by atoms with E-state index in [0.29, 0.717) is 17.6 Å². The van der Waals surface area contributed by atoms with Crippen LogP contribution >= 0.6 is 0 Å². The van der Waals surface area contributed by atoms with Crippen LogP contribution in [-0.4, -0.2) is 41.1 Å². The van der Waals surface area contributed by atoms with Gasteiger partial charge in [0.25, 0.3) is 5.91 Å². The van der Waals surface area contributed by atoms with Gasteiger partial charge >= 0.3 is 0 Å². The van der Waals surface area contributed by atoms with Crippen molar-refractivity contribution in [1.82, 2.24) is 10.2 Å².